The fourth-order valence-corrected chi connectivity index (χ4v) is 5.02. The van der Waals surface area contributed by atoms with Crippen molar-refractivity contribution in [2.75, 3.05) is 4.72 Å². The van der Waals surface area contributed by atoms with E-state index in [0.29, 0.717) is 5.69 Å². The monoisotopic (exact) mass is 445 g/mol. The minimum absolute atomic E-state index is 0.0877. The third-order valence-corrected chi connectivity index (χ3v) is 6.82. The van der Waals surface area contributed by atoms with E-state index in [9.17, 15) is 18.3 Å². The van der Waals surface area contributed by atoms with Crippen LogP contribution in [0.2, 0.25) is 5.02 Å². The molecule has 1 N–H and O–H groups in total. The van der Waals surface area contributed by atoms with Crippen molar-refractivity contribution in [3.05, 3.63) is 58.9 Å². The molecule has 0 atom stereocenters. The molecule has 1 aliphatic heterocycles. The highest BCUT2D eigenvalue weighted by Gasteiger charge is 2.20. The van der Waals surface area contributed by atoms with Gasteiger partial charge >= 0.3 is 0 Å². The first-order valence-electron chi connectivity index (χ1n) is 9.41. The molecule has 0 fully saturated rings. The topological polar surface area (TPSA) is 117 Å². The molecule has 2 aromatic carbocycles. The van der Waals surface area contributed by atoms with Crippen LogP contribution in [-0.4, -0.2) is 29.2 Å². The Balaban J connectivity index is 1.59. The van der Waals surface area contributed by atoms with Crippen LogP contribution in [0.5, 0.6) is 0 Å². The zero-order valence-corrected chi connectivity index (χ0v) is 17.4. The zero-order valence-electron chi connectivity index (χ0n) is 15.8. The number of nitrogens with zero attached hydrogens (tertiary/aromatic N) is 3. The first-order valence-corrected chi connectivity index (χ1v) is 11.3. The van der Waals surface area contributed by atoms with Crippen molar-refractivity contribution in [2.24, 2.45) is 0 Å². The predicted octanol–water partition coefficient (Wildman–Crippen LogP) is 2.49. The van der Waals surface area contributed by atoms with E-state index in [0.717, 1.165) is 55.5 Å². The summed E-state index contributed by atoms with van der Waals surface area (Å²) in [5.74, 6) is 0.237. The number of hydrogen-bond donors (Lipinski definition) is 1. The van der Waals surface area contributed by atoms with E-state index < -0.39 is 16.0 Å². The van der Waals surface area contributed by atoms with Gasteiger partial charge in [-0.3, -0.25) is 4.72 Å². The molecule has 0 radical (unpaired) electrons. The maximum atomic E-state index is 12.7. The summed E-state index contributed by atoms with van der Waals surface area (Å²) >= 11 is 5.97. The lowest BCUT2D eigenvalue weighted by Gasteiger charge is -2.12. The van der Waals surface area contributed by atoms with Crippen molar-refractivity contribution in [2.45, 2.75) is 37.1 Å². The maximum Gasteiger partial charge on any atom is 0.263 e. The summed E-state index contributed by atoms with van der Waals surface area (Å²) in [5, 5.41) is 19.5. The zero-order chi connectivity index (χ0) is 21.3. The fraction of sp³-hybridized carbons (Fsp3) is 0.250. The lowest BCUT2D eigenvalue weighted by Crippen LogP contribution is -2.23. The molecular weight excluding hydrogens is 428 g/mol. The van der Waals surface area contributed by atoms with Crippen molar-refractivity contribution >= 4 is 33.3 Å². The van der Waals surface area contributed by atoms with E-state index in [4.69, 9.17) is 11.6 Å². The molecule has 1 aliphatic rings. The Bertz CT molecular complexity index is 1210. The van der Waals surface area contributed by atoms with E-state index in [1.165, 1.54) is 12.1 Å². The molecule has 30 heavy (non-hydrogen) atoms. The van der Waals surface area contributed by atoms with Crippen LogP contribution in [-0.2, 0) is 23.0 Å². The lowest BCUT2D eigenvalue weighted by atomic mass is 10.2. The highest BCUT2D eigenvalue weighted by molar-refractivity contribution is 7.92. The molecule has 0 unspecified atom stereocenters. The van der Waals surface area contributed by atoms with Gasteiger partial charge in [-0.05, 0) is 54.8 Å². The first-order chi connectivity index (χ1) is 14.3. The number of hydrogen-bond acceptors (Lipinski definition) is 6. The largest absolute Gasteiger partial charge is 0.545 e. The Morgan fingerprint density at radius 1 is 1.07 bits per heavy atom. The number of carboxylic acids is 1. The molecule has 3 aromatic rings. The number of aromatic nitrogens is 3. The molecule has 2 heterocycles. The van der Waals surface area contributed by atoms with E-state index >= 15 is 0 Å². The Morgan fingerprint density at radius 3 is 2.57 bits per heavy atom. The molecule has 0 saturated carbocycles. The van der Waals surface area contributed by atoms with Gasteiger partial charge in [0.2, 0.25) is 0 Å². The van der Waals surface area contributed by atoms with Crippen molar-refractivity contribution in [3.63, 3.8) is 0 Å². The maximum absolute atomic E-state index is 12.7. The van der Waals surface area contributed by atoms with Crippen LogP contribution in [0.1, 0.15) is 35.4 Å². The van der Waals surface area contributed by atoms with Crippen molar-refractivity contribution in [1.29, 1.82) is 0 Å². The summed E-state index contributed by atoms with van der Waals surface area (Å²) < 4.78 is 29.9. The van der Waals surface area contributed by atoms with Gasteiger partial charge in [-0.15, -0.1) is 10.2 Å². The highest BCUT2D eigenvalue weighted by Crippen LogP contribution is 2.27. The van der Waals surface area contributed by atoms with Crippen LogP contribution in [0.25, 0.3) is 11.4 Å². The first kappa shape index (κ1) is 20.4. The number of rotatable bonds is 5. The standard InChI is InChI=1S/C20H19ClN4O4S/c21-16-10-7-14(20(26)27)12-17(16)30(28,29)24-15-8-5-13(6-9-15)19-23-22-18-4-2-1-3-11-25(18)19/h5-10,12,24H,1-4,11H2,(H,26,27)/p-1. The molecule has 4 rings (SSSR count). The van der Waals surface area contributed by atoms with Crippen molar-refractivity contribution in [1.82, 2.24) is 14.8 Å². The molecule has 156 valence electrons. The minimum Gasteiger partial charge on any atom is -0.545 e. The number of carboxylic acid groups (broad SMARTS) is 1. The number of aromatic carboxylic acids is 1. The van der Waals surface area contributed by atoms with Crippen LogP contribution in [0.4, 0.5) is 5.69 Å². The smallest absolute Gasteiger partial charge is 0.263 e. The number of carbonyl (C=O) groups excluding carboxylic acids is 1. The van der Waals surface area contributed by atoms with Gasteiger partial charge in [-0.1, -0.05) is 24.1 Å². The molecule has 10 heteroatoms. The Kier molecular flexibility index (Phi) is 5.48. The number of benzene rings is 2. The molecule has 8 nitrogen and oxygen atoms in total. The Hall–Kier alpha value is -2.91. The van der Waals surface area contributed by atoms with Crippen LogP contribution in [0.15, 0.2) is 47.4 Å². The Morgan fingerprint density at radius 2 is 1.83 bits per heavy atom. The average molecular weight is 446 g/mol. The summed E-state index contributed by atoms with van der Waals surface area (Å²) in [6.07, 6.45) is 4.23. The molecule has 0 aliphatic carbocycles. The summed E-state index contributed by atoms with van der Waals surface area (Å²) in [6, 6.07) is 10.1. The van der Waals surface area contributed by atoms with Gasteiger partial charge in [0.05, 0.1) is 11.0 Å². The van der Waals surface area contributed by atoms with Gasteiger partial charge in [0, 0.05) is 24.2 Å². The van der Waals surface area contributed by atoms with Gasteiger partial charge in [0.1, 0.15) is 10.7 Å². The van der Waals surface area contributed by atoms with Gasteiger partial charge < -0.3 is 14.5 Å². The summed E-state index contributed by atoms with van der Waals surface area (Å²) in [4.78, 5) is 10.7. The van der Waals surface area contributed by atoms with E-state index in [1.807, 2.05) is 0 Å². The van der Waals surface area contributed by atoms with Crippen LogP contribution in [0.3, 0.4) is 0 Å². The SMILES string of the molecule is O=C([O-])c1ccc(Cl)c(S(=O)(=O)Nc2ccc(-c3nnc4n3CCCCC4)cc2)c1. The number of halogens is 1. The molecular formula is C20H18ClN4O4S-. The van der Waals surface area contributed by atoms with Crippen LogP contribution < -0.4 is 9.83 Å². The summed E-state index contributed by atoms with van der Waals surface area (Å²) in [7, 11) is -4.09. The molecule has 0 saturated heterocycles. The number of sulfonamides is 1. The van der Waals surface area contributed by atoms with Crippen molar-refractivity contribution < 1.29 is 18.3 Å². The van der Waals surface area contributed by atoms with Gasteiger partial charge in [-0.25, -0.2) is 8.42 Å². The normalized spacial score (nSPS) is 14.0. The van der Waals surface area contributed by atoms with E-state index in [1.54, 1.807) is 24.3 Å². The predicted molar refractivity (Wildman–Crippen MR) is 110 cm³/mol. The molecule has 0 bridgehead atoms. The van der Waals surface area contributed by atoms with Gasteiger partial charge in [-0.2, -0.15) is 0 Å². The average Bonchev–Trinajstić information content (AvgIpc) is 2.96. The lowest BCUT2D eigenvalue weighted by molar-refractivity contribution is -0.255. The second-order valence-corrected chi connectivity index (χ2v) is 9.08. The Labute approximate surface area is 178 Å². The molecule has 0 amide bonds. The fourth-order valence-electron chi connectivity index (χ4n) is 3.43. The quantitative estimate of drug-likeness (QED) is 0.644. The third-order valence-electron chi connectivity index (χ3n) is 4.96. The summed E-state index contributed by atoms with van der Waals surface area (Å²) in [5.41, 5.74) is 0.863. The van der Waals surface area contributed by atoms with Crippen LogP contribution in [0, 0.1) is 0 Å². The van der Waals surface area contributed by atoms with E-state index in [-0.39, 0.29) is 15.5 Å². The van der Waals surface area contributed by atoms with E-state index in [2.05, 4.69) is 19.5 Å². The van der Waals surface area contributed by atoms with Gasteiger partial charge in [0.15, 0.2) is 5.82 Å². The number of fused-ring (bicyclic) bond motifs is 1. The molecule has 1 aromatic heterocycles. The number of nitrogens with one attached hydrogen (secondary N) is 1. The van der Waals surface area contributed by atoms with Crippen molar-refractivity contribution in [3.8, 4) is 11.4 Å². The summed E-state index contributed by atoms with van der Waals surface area (Å²) in [6.45, 7) is 0.860. The van der Waals surface area contributed by atoms with Crippen LogP contribution >= 0.6 is 11.6 Å². The second kappa shape index (κ2) is 8.08. The third kappa shape index (κ3) is 4.03. The van der Waals surface area contributed by atoms with Gasteiger partial charge in [0.25, 0.3) is 10.0 Å². The minimum atomic E-state index is -4.09. The second-order valence-electron chi connectivity index (χ2n) is 7.02. The number of anilines is 1. The highest BCUT2D eigenvalue weighted by atomic mass is 35.5. The number of aryl methyl sites for hydroxylation is 1. The molecule has 0 spiro atoms. The number of carbonyl (C=O) groups is 1.